The second-order valence-corrected chi connectivity index (χ2v) is 9.10. The maximum atomic E-state index is 13.5. The van der Waals surface area contributed by atoms with E-state index in [9.17, 15) is 14.7 Å². The lowest BCUT2D eigenvalue weighted by atomic mass is 9.82. The lowest BCUT2D eigenvalue weighted by Gasteiger charge is -2.25. The zero-order valence-corrected chi connectivity index (χ0v) is 18.9. The molecule has 0 amide bonds. The topological polar surface area (TPSA) is 97.8 Å². The average Bonchev–Trinajstić information content (AvgIpc) is 3.52. The van der Waals surface area contributed by atoms with E-state index < -0.39 is 0 Å². The first-order valence-electron chi connectivity index (χ1n) is 12.0. The number of rotatable bonds is 8. The van der Waals surface area contributed by atoms with Crippen LogP contribution >= 0.6 is 0 Å². The molecule has 0 atom stereocenters. The fourth-order valence-corrected chi connectivity index (χ4v) is 5.20. The third-order valence-corrected chi connectivity index (χ3v) is 6.94. The minimum atomic E-state index is -0.341. The van der Waals surface area contributed by atoms with Gasteiger partial charge in [-0.3, -0.25) is 14.6 Å². The molecule has 5 rings (SSSR count). The number of carbonyl (C=O) groups is 2. The summed E-state index contributed by atoms with van der Waals surface area (Å²) in [5, 5.41) is 17.1. The standard InChI is InChI=1S/C25H31N5O3/c31-20-16-26-15-17-21(20)25(33)23-19(28-8-14-30-11-3-4-12-30)6-5-18(22(23)24(17)32)27-7-13-29-9-1-2-10-29/h5-6,15-16,27-28,31H,1-4,7-14H2. The van der Waals surface area contributed by atoms with Gasteiger partial charge in [-0.2, -0.15) is 0 Å². The Kier molecular flexibility index (Phi) is 6.28. The van der Waals surface area contributed by atoms with Crippen molar-refractivity contribution in [2.45, 2.75) is 25.7 Å². The molecular formula is C25H31N5O3. The smallest absolute Gasteiger partial charge is 0.200 e. The first kappa shape index (κ1) is 21.9. The van der Waals surface area contributed by atoms with Gasteiger partial charge in [0.05, 0.1) is 28.5 Å². The molecule has 8 heteroatoms. The molecule has 2 fully saturated rings. The first-order valence-corrected chi connectivity index (χ1v) is 12.0. The van der Waals surface area contributed by atoms with Gasteiger partial charge in [-0.25, -0.2) is 0 Å². The molecule has 174 valence electrons. The number of aromatic hydroxyl groups is 1. The van der Waals surface area contributed by atoms with Crippen LogP contribution in [-0.4, -0.2) is 83.8 Å². The van der Waals surface area contributed by atoms with Crippen LogP contribution in [0.5, 0.6) is 5.75 Å². The Balaban J connectivity index is 1.43. The molecule has 3 heterocycles. The molecule has 33 heavy (non-hydrogen) atoms. The summed E-state index contributed by atoms with van der Waals surface area (Å²) >= 11 is 0. The van der Waals surface area contributed by atoms with Gasteiger partial charge in [-0.15, -0.1) is 0 Å². The number of nitrogens with one attached hydrogen (secondary N) is 2. The zero-order chi connectivity index (χ0) is 22.8. The molecule has 2 aliphatic heterocycles. The summed E-state index contributed by atoms with van der Waals surface area (Å²) in [7, 11) is 0. The van der Waals surface area contributed by atoms with Crippen LogP contribution in [0.2, 0.25) is 0 Å². The van der Waals surface area contributed by atoms with Crippen LogP contribution in [0.1, 0.15) is 57.5 Å². The van der Waals surface area contributed by atoms with Crippen LogP contribution in [0.15, 0.2) is 24.5 Å². The highest BCUT2D eigenvalue weighted by Crippen LogP contribution is 2.38. The van der Waals surface area contributed by atoms with E-state index in [2.05, 4.69) is 25.4 Å². The van der Waals surface area contributed by atoms with Gasteiger partial charge in [0.25, 0.3) is 0 Å². The van der Waals surface area contributed by atoms with E-state index in [0.29, 0.717) is 35.6 Å². The van der Waals surface area contributed by atoms with E-state index in [1.165, 1.54) is 38.1 Å². The van der Waals surface area contributed by atoms with E-state index in [0.717, 1.165) is 39.3 Å². The molecule has 2 saturated heterocycles. The quantitative estimate of drug-likeness (QED) is 0.483. The van der Waals surface area contributed by atoms with Gasteiger partial charge in [0.15, 0.2) is 5.78 Å². The summed E-state index contributed by atoms with van der Waals surface area (Å²) in [6.07, 6.45) is 7.50. The number of fused-ring (bicyclic) bond motifs is 2. The summed E-state index contributed by atoms with van der Waals surface area (Å²) in [5.41, 5.74) is 2.19. The number of ketones is 2. The lowest BCUT2D eigenvalue weighted by molar-refractivity contribution is 0.0977. The van der Waals surface area contributed by atoms with Gasteiger partial charge >= 0.3 is 0 Å². The molecule has 1 aliphatic carbocycles. The molecule has 0 unspecified atom stereocenters. The minimum Gasteiger partial charge on any atom is -0.506 e. The molecular weight excluding hydrogens is 418 g/mol. The molecule has 3 N–H and O–H groups in total. The van der Waals surface area contributed by atoms with Gasteiger partial charge in [-0.05, 0) is 64.0 Å². The Bertz CT molecular complexity index is 1060. The largest absolute Gasteiger partial charge is 0.506 e. The van der Waals surface area contributed by atoms with E-state index >= 15 is 0 Å². The summed E-state index contributed by atoms with van der Waals surface area (Å²) in [5.74, 6) is -0.881. The number of aromatic nitrogens is 1. The number of hydrogen-bond acceptors (Lipinski definition) is 8. The van der Waals surface area contributed by atoms with E-state index in [4.69, 9.17) is 0 Å². The summed E-state index contributed by atoms with van der Waals surface area (Å²) < 4.78 is 0. The number of carbonyl (C=O) groups excluding carboxylic acids is 2. The molecule has 2 aromatic rings. The maximum absolute atomic E-state index is 13.5. The molecule has 1 aromatic heterocycles. The number of nitrogens with zero attached hydrogens (tertiary/aromatic N) is 3. The van der Waals surface area contributed by atoms with Crippen molar-refractivity contribution in [1.29, 1.82) is 0 Å². The minimum absolute atomic E-state index is 0.0410. The molecule has 1 aromatic carbocycles. The molecule has 0 spiro atoms. The zero-order valence-electron chi connectivity index (χ0n) is 18.9. The lowest BCUT2D eigenvalue weighted by Crippen LogP contribution is -2.29. The second kappa shape index (κ2) is 9.49. The highest BCUT2D eigenvalue weighted by atomic mass is 16.3. The Morgan fingerprint density at radius 3 is 1.82 bits per heavy atom. The number of benzene rings is 1. The van der Waals surface area contributed by atoms with Crippen molar-refractivity contribution < 1.29 is 14.7 Å². The van der Waals surface area contributed by atoms with Crippen LogP contribution in [0.4, 0.5) is 11.4 Å². The highest BCUT2D eigenvalue weighted by molar-refractivity contribution is 6.32. The normalized spacial score (nSPS) is 18.4. The SMILES string of the molecule is O=C1c2cncc(O)c2C(=O)c2c(NCCN3CCCC3)ccc(NCCN3CCCC3)c21. The first-order chi connectivity index (χ1) is 16.1. The third-order valence-electron chi connectivity index (χ3n) is 6.94. The van der Waals surface area contributed by atoms with Gasteiger partial charge < -0.3 is 25.5 Å². The van der Waals surface area contributed by atoms with Gasteiger partial charge in [0.1, 0.15) is 5.75 Å². The van der Waals surface area contributed by atoms with Crippen LogP contribution in [0, 0.1) is 0 Å². The van der Waals surface area contributed by atoms with E-state index in [1.54, 1.807) is 0 Å². The molecule has 0 bridgehead atoms. The van der Waals surface area contributed by atoms with Gasteiger partial charge in [-0.1, -0.05) is 0 Å². The fourth-order valence-electron chi connectivity index (χ4n) is 5.20. The van der Waals surface area contributed by atoms with Gasteiger partial charge in [0, 0.05) is 43.8 Å². The van der Waals surface area contributed by atoms with Crippen molar-refractivity contribution in [2.75, 3.05) is 63.0 Å². The van der Waals surface area contributed by atoms with Crippen LogP contribution < -0.4 is 10.6 Å². The number of likely N-dealkylation sites (tertiary alicyclic amines) is 2. The number of pyridine rings is 1. The predicted octanol–water partition coefficient (Wildman–Crippen LogP) is 2.58. The van der Waals surface area contributed by atoms with Crippen LogP contribution in [-0.2, 0) is 0 Å². The Morgan fingerprint density at radius 2 is 1.27 bits per heavy atom. The van der Waals surface area contributed by atoms with Crippen molar-refractivity contribution in [3.63, 3.8) is 0 Å². The Morgan fingerprint density at radius 1 is 0.758 bits per heavy atom. The second-order valence-electron chi connectivity index (χ2n) is 9.10. The van der Waals surface area contributed by atoms with Crippen molar-refractivity contribution in [2.24, 2.45) is 0 Å². The molecule has 0 radical (unpaired) electrons. The maximum Gasteiger partial charge on any atom is 0.200 e. The van der Waals surface area contributed by atoms with E-state index in [-0.39, 0.29) is 28.4 Å². The number of hydrogen-bond donors (Lipinski definition) is 3. The summed E-state index contributed by atoms with van der Waals surface area (Å²) in [6.45, 7) is 7.58. The Hall–Kier alpha value is -2.97. The van der Waals surface area contributed by atoms with Gasteiger partial charge in [0.2, 0.25) is 5.78 Å². The Labute approximate surface area is 194 Å². The predicted molar refractivity (Wildman–Crippen MR) is 128 cm³/mol. The van der Waals surface area contributed by atoms with Crippen molar-refractivity contribution >= 4 is 22.9 Å². The highest BCUT2D eigenvalue weighted by Gasteiger charge is 2.36. The van der Waals surface area contributed by atoms with E-state index in [1.807, 2.05) is 12.1 Å². The van der Waals surface area contributed by atoms with Crippen LogP contribution in [0.3, 0.4) is 0 Å². The molecule has 3 aliphatic rings. The van der Waals surface area contributed by atoms with Crippen molar-refractivity contribution in [3.05, 3.63) is 46.8 Å². The third kappa shape index (κ3) is 4.32. The summed E-state index contributed by atoms with van der Waals surface area (Å²) in [6, 6.07) is 3.75. The average molecular weight is 450 g/mol. The molecule has 8 nitrogen and oxygen atoms in total. The van der Waals surface area contributed by atoms with Crippen LogP contribution in [0.25, 0.3) is 0 Å². The van der Waals surface area contributed by atoms with Crippen molar-refractivity contribution in [3.8, 4) is 5.75 Å². The van der Waals surface area contributed by atoms with Crippen molar-refractivity contribution in [1.82, 2.24) is 14.8 Å². The summed E-state index contributed by atoms with van der Waals surface area (Å²) in [4.78, 5) is 35.8. The molecule has 0 saturated carbocycles. The monoisotopic (exact) mass is 449 g/mol. The fraction of sp³-hybridized carbons (Fsp3) is 0.480. The number of anilines is 2.